The van der Waals surface area contributed by atoms with Gasteiger partial charge >= 0.3 is 0 Å². The van der Waals surface area contributed by atoms with Crippen molar-refractivity contribution in [2.75, 3.05) is 0 Å². The standard InChI is InChI=1S/C20H31ClO2/c1-18-11-16(21)17(22)10-12(18)4-5-13-14(18)6-8-19(2)15(13)7-9-20(19,3)23/h11-15,17,22-23H,4-10H2,1-3H3/t12-,13+,14-,15-,17+,18-,19-,20-/m0/s1. The maximum atomic E-state index is 10.9. The number of allylic oxidation sites excluding steroid dienone is 1. The molecule has 4 aliphatic rings. The van der Waals surface area contributed by atoms with E-state index in [1.165, 1.54) is 25.7 Å². The molecule has 0 amide bonds. The molecule has 0 bridgehead atoms. The third-order valence-corrected chi connectivity index (χ3v) is 9.16. The molecule has 4 aliphatic carbocycles. The van der Waals surface area contributed by atoms with Crippen LogP contribution in [0.25, 0.3) is 0 Å². The second-order valence-corrected chi connectivity index (χ2v) is 10.0. The Morgan fingerprint density at radius 2 is 1.74 bits per heavy atom. The third kappa shape index (κ3) is 2.07. The normalized spacial score (nSPS) is 58.9. The smallest absolute Gasteiger partial charge is 0.0895 e. The molecule has 130 valence electrons. The molecule has 0 heterocycles. The van der Waals surface area contributed by atoms with E-state index in [4.69, 9.17) is 11.6 Å². The predicted octanol–water partition coefficient (Wildman–Crippen LogP) is 4.48. The zero-order chi connectivity index (χ0) is 16.6. The molecule has 0 unspecified atom stereocenters. The highest BCUT2D eigenvalue weighted by molar-refractivity contribution is 6.30. The van der Waals surface area contributed by atoms with Crippen LogP contribution in [0.4, 0.5) is 0 Å². The molecule has 0 aliphatic heterocycles. The van der Waals surface area contributed by atoms with Gasteiger partial charge in [-0.2, -0.15) is 0 Å². The average Bonchev–Trinajstić information content (AvgIpc) is 2.71. The van der Waals surface area contributed by atoms with Crippen LogP contribution in [0.3, 0.4) is 0 Å². The van der Waals surface area contributed by atoms with Crippen molar-refractivity contribution in [1.29, 1.82) is 0 Å². The van der Waals surface area contributed by atoms with Crippen LogP contribution in [0.2, 0.25) is 0 Å². The van der Waals surface area contributed by atoms with Crippen molar-refractivity contribution in [3.63, 3.8) is 0 Å². The van der Waals surface area contributed by atoms with Crippen molar-refractivity contribution in [3.8, 4) is 0 Å². The van der Waals surface area contributed by atoms with Gasteiger partial charge in [0.1, 0.15) is 0 Å². The Morgan fingerprint density at radius 3 is 2.48 bits per heavy atom. The summed E-state index contributed by atoms with van der Waals surface area (Å²) in [6.45, 7) is 6.79. The van der Waals surface area contributed by atoms with Crippen LogP contribution in [-0.4, -0.2) is 21.9 Å². The number of hydrogen-bond acceptors (Lipinski definition) is 2. The van der Waals surface area contributed by atoms with Gasteiger partial charge in [-0.3, -0.25) is 0 Å². The first-order valence-corrected chi connectivity index (χ1v) is 9.85. The van der Waals surface area contributed by atoms with Gasteiger partial charge in [-0.1, -0.05) is 31.5 Å². The van der Waals surface area contributed by atoms with Gasteiger partial charge in [-0.05, 0) is 86.4 Å². The highest BCUT2D eigenvalue weighted by atomic mass is 35.5. The minimum Gasteiger partial charge on any atom is -0.390 e. The number of fused-ring (bicyclic) bond motifs is 5. The number of halogens is 1. The molecule has 3 heteroatoms. The van der Waals surface area contributed by atoms with Gasteiger partial charge in [0.25, 0.3) is 0 Å². The second-order valence-electron chi connectivity index (χ2n) is 9.57. The quantitative estimate of drug-likeness (QED) is 0.683. The van der Waals surface area contributed by atoms with Crippen molar-refractivity contribution in [2.24, 2.45) is 34.5 Å². The predicted molar refractivity (Wildman–Crippen MR) is 93.1 cm³/mol. The van der Waals surface area contributed by atoms with E-state index in [1.54, 1.807) is 0 Å². The molecular weight excluding hydrogens is 308 g/mol. The molecule has 3 saturated carbocycles. The monoisotopic (exact) mass is 338 g/mol. The van der Waals surface area contributed by atoms with E-state index in [2.05, 4.69) is 26.8 Å². The van der Waals surface area contributed by atoms with Crippen LogP contribution in [-0.2, 0) is 0 Å². The summed E-state index contributed by atoms with van der Waals surface area (Å²) in [7, 11) is 0. The van der Waals surface area contributed by atoms with E-state index >= 15 is 0 Å². The minimum absolute atomic E-state index is 0.0824. The van der Waals surface area contributed by atoms with Crippen LogP contribution < -0.4 is 0 Å². The van der Waals surface area contributed by atoms with Gasteiger partial charge in [0, 0.05) is 5.03 Å². The van der Waals surface area contributed by atoms with Gasteiger partial charge in [-0.15, -0.1) is 0 Å². The number of rotatable bonds is 0. The largest absolute Gasteiger partial charge is 0.390 e. The molecule has 4 rings (SSSR count). The van der Waals surface area contributed by atoms with Crippen molar-refractivity contribution < 1.29 is 10.2 Å². The van der Waals surface area contributed by atoms with Gasteiger partial charge in [0.05, 0.1) is 11.7 Å². The minimum atomic E-state index is -0.503. The summed E-state index contributed by atoms with van der Waals surface area (Å²) in [4.78, 5) is 0. The van der Waals surface area contributed by atoms with E-state index in [-0.39, 0.29) is 10.8 Å². The zero-order valence-corrected chi connectivity index (χ0v) is 15.4. The van der Waals surface area contributed by atoms with Gasteiger partial charge in [-0.25, -0.2) is 0 Å². The molecular formula is C20H31ClO2. The molecule has 2 nitrogen and oxygen atoms in total. The summed E-state index contributed by atoms with van der Waals surface area (Å²) in [5.41, 5.74) is -0.287. The van der Waals surface area contributed by atoms with Crippen LogP contribution in [0.5, 0.6) is 0 Å². The van der Waals surface area contributed by atoms with Crippen LogP contribution >= 0.6 is 11.6 Å². The SMILES string of the molecule is C[C@]12C=C(Cl)[C@H](O)C[C@@H]1CC[C@@H]1[C@@H]2CC[C@@]2(C)[C@H]1CC[C@]2(C)O. The summed E-state index contributed by atoms with van der Waals surface area (Å²) in [6, 6.07) is 0. The molecule has 8 atom stereocenters. The lowest BCUT2D eigenvalue weighted by Crippen LogP contribution is -2.55. The Hall–Kier alpha value is -0.0500. The van der Waals surface area contributed by atoms with E-state index in [0.29, 0.717) is 28.7 Å². The molecule has 0 aromatic carbocycles. The number of aliphatic hydroxyl groups is 2. The Labute approximate surface area is 145 Å². The van der Waals surface area contributed by atoms with Crippen molar-refractivity contribution in [1.82, 2.24) is 0 Å². The summed E-state index contributed by atoms with van der Waals surface area (Å²) >= 11 is 6.36. The fraction of sp³-hybridized carbons (Fsp3) is 0.900. The van der Waals surface area contributed by atoms with Crippen LogP contribution in [0.15, 0.2) is 11.1 Å². The van der Waals surface area contributed by atoms with Crippen molar-refractivity contribution >= 4 is 11.6 Å². The lowest BCUT2D eigenvalue weighted by Gasteiger charge is -2.60. The van der Waals surface area contributed by atoms with Gasteiger partial charge < -0.3 is 10.2 Å². The first kappa shape index (κ1) is 16.4. The van der Waals surface area contributed by atoms with Gasteiger partial charge in [0.2, 0.25) is 0 Å². The number of hydrogen-bond donors (Lipinski definition) is 2. The first-order valence-electron chi connectivity index (χ1n) is 9.48. The topological polar surface area (TPSA) is 40.5 Å². The lowest BCUT2D eigenvalue weighted by molar-refractivity contribution is -0.132. The molecule has 3 fully saturated rings. The number of aliphatic hydroxyl groups excluding tert-OH is 1. The van der Waals surface area contributed by atoms with Crippen LogP contribution in [0, 0.1) is 34.5 Å². The Bertz CT molecular complexity index is 542. The molecule has 0 aromatic heterocycles. The molecule has 0 saturated heterocycles. The van der Waals surface area contributed by atoms with Crippen LogP contribution in [0.1, 0.15) is 65.7 Å². The lowest BCUT2D eigenvalue weighted by atomic mass is 9.45. The maximum absolute atomic E-state index is 10.9. The molecule has 2 N–H and O–H groups in total. The molecule has 23 heavy (non-hydrogen) atoms. The fourth-order valence-corrected chi connectivity index (χ4v) is 7.41. The van der Waals surface area contributed by atoms with Crippen molar-refractivity contribution in [2.45, 2.75) is 77.4 Å². The Morgan fingerprint density at radius 1 is 1.04 bits per heavy atom. The molecule has 0 aromatic rings. The third-order valence-electron chi connectivity index (χ3n) is 8.80. The maximum Gasteiger partial charge on any atom is 0.0895 e. The average molecular weight is 339 g/mol. The van der Waals surface area contributed by atoms with E-state index in [0.717, 1.165) is 19.3 Å². The Balaban J connectivity index is 1.70. The van der Waals surface area contributed by atoms with E-state index in [9.17, 15) is 10.2 Å². The van der Waals surface area contributed by atoms with E-state index < -0.39 is 11.7 Å². The van der Waals surface area contributed by atoms with Crippen molar-refractivity contribution in [3.05, 3.63) is 11.1 Å². The fourth-order valence-electron chi connectivity index (χ4n) is 7.09. The summed E-state index contributed by atoms with van der Waals surface area (Å²) in [6.07, 6.45) is 9.49. The summed E-state index contributed by atoms with van der Waals surface area (Å²) in [5, 5.41) is 21.8. The highest BCUT2D eigenvalue weighted by Gasteiger charge is 2.62. The summed E-state index contributed by atoms with van der Waals surface area (Å²) in [5.74, 6) is 2.58. The van der Waals surface area contributed by atoms with Gasteiger partial charge in [0.15, 0.2) is 0 Å². The first-order chi connectivity index (χ1) is 10.7. The molecule has 0 spiro atoms. The second kappa shape index (κ2) is 4.99. The Kier molecular flexibility index (Phi) is 3.56. The highest BCUT2D eigenvalue weighted by Crippen LogP contribution is 2.67. The summed E-state index contributed by atoms with van der Waals surface area (Å²) < 4.78 is 0. The zero-order valence-electron chi connectivity index (χ0n) is 14.7. The van der Waals surface area contributed by atoms with E-state index in [1.807, 2.05) is 0 Å². The molecule has 0 radical (unpaired) electrons.